The molecular weight excluding hydrogens is 226 g/mol. The van der Waals surface area contributed by atoms with Crippen LogP contribution in [0.3, 0.4) is 0 Å². The van der Waals surface area contributed by atoms with Gasteiger partial charge in [0.25, 0.3) is 0 Å². The molecule has 17 heavy (non-hydrogen) atoms. The lowest BCUT2D eigenvalue weighted by Gasteiger charge is -2.11. The standard InChI is InChI=1S/C13H18F2O2/c1-2-6-17-7-5-12(16)8-10-3-4-11(14)9-13(10)15/h3-4,9,12,16H,2,5-8H2,1H3. The maximum absolute atomic E-state index is 13.3. The average Bonchev–Trinajstić information content (AvgIpc) is 2.28. The van der Waals surface area contributed by atoms with Gasteiger partial charge in [0.15, 0.2) is 0 Å². The Bertz CT molecular complexity index is 342. The summed E-state index contributed by atoms with van der Waals surface area (Å²) in [6.07, 6.45) is 0.910. The molecule has 4 heteroatoms. The number of aliphatic hydroxyl groups excluding tert-OH is 1. The molecule has 0 aliphatic heterocycles. The highest BCUT2D eigenvalue weighted by Crippen LogP contribution is 2.12. The van der Waals surface area contributed by atoms with E-state index < -0.39 is 17.7 Å². The molecule has 0 aliphatic rings. The summed E-state index contributed by atoms with van der Waals surface area (Å²) in [4.78, 5) is 0. The Kier molecular flexibility index (Phi) is 6.08. The summed E-state index contributed by atoms with van der Waals surface area (Å²) in [6.45, 7) is 3.12. The lowest BCUT2D eigenvalue weighted by molar-refractivity contribution is 0.0820. The van der Waals surface area contributed by atoms with Gasteiger partial charge in [-0.05, 0) is 24.5 Å². The van der Waals surface area contributed by atoms with Crippen molar-refractivity contribution < 1.29 is 18.6 Å². The molecule has 1 aromatic rings. The third kappa shape index (κ3) is 5.24. The fraction of sp³-hybridized carbons (Fsp3) is 0.538. The van der Waals surface area contributed by atoms with Gasteiger partial charge in [-0.3, -0.25) is 0 Å². The maximum Gasteiger partial charge on any atom is 0.129 e. The van der Waals surface area contributed by atoms with Crippen LogP contribution in [0.4, 0.5) is 8.78 Å². The predicted molar refractivity (Wildman–Crippen MR) is 61.8 cm³/mol. The van der Waals surface area contributed by atoms with Gasteiger partial charge in [-0.25, -0.2) is 8.78 Å². The number of benzene rings is 1. The third-order valence-corrected chi connectivity index (χ3v) is 2.41. The van der Waals surface area contributed by atoms with Gasteiger partial charge in [-0.15, -0.1) is 0 Å². The van der Waals surface area contributed by atoms with Gasteiger partial charge in [-0.1, -0.05) is 13.0 Å². The zero-order chi connectivity index (χ0) is 12.7. The van der Waals surface area contributed by atoms with Crippen molar-refractivity contribution in [1.29, 1.82) is 0 Å². The second-order valence-corrected chi connectivity index (χ2v) is 3.99. The SMILES string of the molecule is CCCOCCC(O)Cc1ccc(F)cc1F. The molecule has 1 aromatic carbocycles. The molecule has 1 N–H and O–H groups in total. The minimum Gasteiger partial charge on any atom is -0.393 e. The molecule has 0 aliphatic carbocycles. The van der Waals surface area contributed by atoms with Gasteiger partial charge < -0.3 is 9.84 Å². The van der Waals surface area contributed by atoms with Gasteiger partial charge in [0.2, 0.25) is 0 Å². The fourth-order valence-corrected chi connectivity index (χ4v) is 1.51. The summed E-state index contributed by atoms with van der Waals surface area (Å²) in [6, 6.07) is 3.38. The van der Waals surface area contributed by atoms with Crippen molar-refractivity contribution in [3.63, 3.8) is 0 Å². The predicted octanol–water partition coefficient (Wildman–Crippen LogP) is 2.68. The second-order valence-electron chi connectivity index (χ2n) is 3.99. The van der Waals surface area contributed by atoms with E-state index in [1.165, 1.54) is 12.1 Å². The monoisotopic (exact) mass is 244 g/mol. The largest absolute Gasteiger partial charge is 0.393 e. The highest BCUT2D eigenvalue weighted by atomic mass is 19.1. The normalized spacial score (nSPS) is 12.7. The molecule has 1 unspecified atom stereocenters. The van der Waals surface area contributed by atoms with Crippen molar-refractivity contribution >= 4 is 0 Å². The van der Waals surface area contributed by atoms with Crippen molar-refractivity contribution in [1.82, 2.24) is 0 Å². The summed E-state index contributed by atoms with van der Waals surface area (Å²) in [5, 5.41) is 9.66. The molecule has 0 radical (unpaired) electrons. The van der Waals surface area contributed by atoms with Gasteiger partial charge in [0.05, 0.1) is 6.10 Å². The quantitative estimate of drug-likeness (QED) is 0.747. The van der Waals surface area contributed by atoms with E-state index in [1.807, 2.05) is 6.92 Å². The van der Waals surface area contributed by atoms with Crippen LogP contribution in [0.25, 0.3) is 0 Å². The van der Waals surface area contributed by atoms with Crippen molar-refractivity contribution in [3.05, 3.63) is 35.4 Å². The van der Waals surface area contributed by atoms with E-state index in [2.05, 4.69) is 0 Å². The molecule has 0 bridgehead atoms. The van der Waals surface area contributed by atoms with Crippen LogP contribution in [0.15, 0.2) is 18.2 Å². The Morgan fingerprint density at radius 2 is 2.06 bits per heavy atom. The van der Waals surface area contributed by atoms with Crippen LogP contribution in [0.2, 0.25) is 0 Å². The Hall–Kier alpha value is -1.00. The van der Waals surface area contributed by atoms with E-state index in [0.29, 0.717) is 25.2 Å². The molecule has 1 atom stereocenters. The highest BCUT2D eigenvalue weighted by molar-refractivity contribution is 5.19. The average molecular weight is 244 g/mol. The van der Waals surface area contributed by atoms with Gasteiger partial charge in [-0.2, -0.15) is 0 Å². The minimum atomic E-state index is -0.660. The first-order valence-corrected chi connectivity index (χ1v) is 5.83. The number of rotatable bonds is 7. The molecule has 1 rings (SSSR count). The van der Waals surface area contributed by atoms with Crippen LogP contribution in [-0.2, 0) is 11.2 Å². The first-order valence-electron chi connectivity index (χ1n) is 5.83. The smallest absolute Gasteiger partial charge is 0.129 e. The van der Waals surface area contributed by atoms with Crippen molar-refractivity contribution in [2.75, 3.05) is 13.2 Å². The maximum atomic E-state index is 13.3. The Morgan fingerprint density at radius 1 is 1.29 bits per heavy atom. The molecule has 0 saturated heterocycles. The summed E-state index contributed by atoms with van der Waals surface area (Å²) in [5.74, 6) is -1.22. The first kappa shape index (κ1) is 14.1. The lowest BCUT2D eigenvalue weighted by Crippen LogP contribution is -2.14. The molecule has 0 heterocycles. The molecule has 96 valence electrons. The van der Waals surface area contributed by atoms with E-state index in [9.17, 15) is 13.9 Å². The van der Waals surface area contributed by atoms with Crippen LogP contribution in [-0.4, -0.2) is 24.4 Å². The zero-order valence-corrected chi connectivity index (χ0v) is 9.96. The van der Waals surface area contributed by atoms with Crippen LogP contribution in [0.1, 0.15) is 25.3 Å². The summed E-state index contributed by atoms with van der Waals surface area (Å²) in [7, 11) is 0. The van der Waals surface area contributed by atoms with Gasteiger partial charge in [0, 0.05) is 25.7 Å². The van der Waals surface area contributed by atoms with Gasteiger partial charge >= 0.3 is 0 Å². The topological polar surface area (TPSA) is 29.5 Å². The van der Waals surface area contributed by atoms with Crippen molar-refractivity contribution in [2.45, 2.75) is 32.3 Å². The molecule has 0 spiro atoms. The fourth-order valence-electron chi connectivity index (χ4n) is 1.51. The molecule has 0 saturated carbocycles. The van der Waals surface area contributed by atoms with Crippen LogP contribution in [0, 0.1) is 11.6 Å². The van der Waals surface area contributed by atoms with Crippen LogP contribution in [0.5, 0.6) is 0 Å². The molecule has 2 nitrogen and oxygen atoms in total. The number of ether oxygens (including phenoxy) is 1. The van der Waals surface area contributed by atoms with E-state index in [1.54, 1.807) is 0 Å². The lowest BCUT2D eigenvalue weighted by atomic mass is 10.1. The zero-order valence-electron chi connectivity index (χ0n) is 9.96. The van der Waals surface area contributed by atoms with E-state index >= 15 is 0 Å². The van der Waals surface area contributed by atoms with Gasteiger partial charge in [0.1, 0.15) is 11.6 Å². The highest BCUT2D eigenvalue weighted by Gasteiger charge is 2.10. The van der Waals surface area contributed by atoms with E-state index in [4.69, 9.17) is 4.74 Å². The molecule has 0 aromatic heterocycles. The van der Waals surface area contributed by atoms with E-state index in [-0.39, 0.29) is 6.42 Å². The summed E-state index contributed by atoms with van der Waals surface area (Å²) < 4.78 is 31.1. The third-order valence-electron chi connectivity index (χ3n) is 2.41. The Morgan fingerprint density at radius 3 is 2.71 bits per heavy atom. The first-order chi connectivity index (χ1) is 8.13. The number of hydrogen-bond donors (Lipinski definition) is 1. The Labute approximate surface area is 100 Å². The van der Waals surface area contributed by atoms with Crippen LogP contribution >= 0.6 is 0 Å². The van der Waals surface area contributed by atoms with E-state index in [0.717, 1.165) is 12.5 Å². The van der Waals surface area contributed by atoms with Crippen molar-refractivity contribution in [3.8, 4) is 0 Å². The number of halogens is 2. The second kappa shape index (κ2) is 7.35. The van der Waals surface area contributed by atoms with Crippen molar-refractivity contribution in [2.24, 2.45) is 0 Å². The molecular formula is C13H18F2O2. The molecule has 0 amide bonds. The summed E-state index contributed by atoms with van der Waals surface area (Å²) >= 11 is 0. The summed E-state index contributed by atoms with van der Waals surface area (Å²) in [5.41, 5.74) is 0.328. The number of hydrogen-bond acceptors (Lipinski definition) is 2. The Balaban J connectivity index is 2.37. The number of aliphatic hydroxyl groups is 1. The van der Waals surface area contributed by atoms with Crippen LogP contribution < -0.4 is 0 Å². The molecule has 0 fully saturated rings. The minimum absolute atomic E-state index is 0.182.